The maximum absolute atomic E-state index is 12.8. The van der Waals surface area contributed by atoms with E-state index in [-0.39, 0.29) is 5.91 Å². The van der Waals surface area contributed by atoms with Crippen molar-refractivity contribution in [1.29, 1.82) is 5.26 Å². The summed E-state index contributed by atoms with van der Waals surface area (Å²) < 4.78 is 1.13. The Morgan fingerprint density at radius 2 is 1.66 bits per heavy atom. The van der Waals surface area contributed by atoms with E-state index >= 15 is 0 Å². The quantitative estimate of drug-likeness (QED) is 0.463. The number of nitriles is 1. The minimum absolute atomic E-state index is 0.167. The van der Waals surface area contributed by atoms with Crippen LogP contribution in [-0.4, -0.2) is 24.0 Å². The van der Waals surface area contributed by atoms with E-state index in [1.165, 1.54) is 0 Å². The number of hydrogen-bond acceptors (Lipinski definition) is 5. The first-order valence-electron chi connectivity index (χ1n) is 9.22. The van der Waals surface area contributed by atoms with E-state index in [2.05, 4.69) is 21.7 Å². The molecule has 5 nitrogen and oxygen atoms in total. The number of para-hydroxylation sites is 1. The van der Waals surface area contributed by atoms with Crippen LogP contribution < -0.4 is 10.6 Å². The van der Waals surface area contributed by atoms with E-state index < -0.39 is 0 Å². The average molecular weight is 398 g/mol. The van der Waals surface area contributed by atoms with Gasteiger partial charge < -0.3 is 10.6 Å². The van der Waals surface area contributed by atoms with E-state index in [0.717, 1.165) is 26.5 Å². The van der Waals surface area contributed by atoms with Gasteiger partial charge in [-0.2, -0.15) is 5.26 Å². The number of carbonyl (C=O) groups excluding carboxylic acids is 1. The standard InChI is InChI=1S/C23H18N4OS/c24-15-16-7-1-2-8-17(16)18-9-3-4-10-19(18)22(28)25-13-14-26-23-27-20-11-5-6-12-21(20)29-23/h1-12H,13-14H2,(H,25,28)(H,26,27). The fourth-order valence-electron chi connectivity index (χ4n) is 3.12. The number of carbonyl (C=O) groups is 1. The van der Waals surface area contributed by atoms with Gasteiger partial charge in [0, 0.05) is 24.2 Å². The van der Waals surface area contributed by atoms with Crippen molar-refractivity contribution in [2.24, 2.45) is 0 Å². The molecule has 0 aliphatic carbocycles. The number of fused-ring (bicyclic) bond motifs is 1. The van der Waals surface area contributed by atoms with Gasteiger partial charge in [0.2, 0.25) is 0 Å². The molecule has 0 atom stereocenters. The summed E-state index contributed by atoms with van der Waals surface area (Å²) in [6, 6.07) is 24.8. The molecule has 0 saturated heterocycles. The second-order valence-electron chi connectivity index (χ2n) is 6.37. The molecule has 3 aromatic carbocycles. The second-order valence-corrected chi connectivity index (χ2v) is 7.40. The van der Waals surface area contributed by atoms with Gasteiger partial charge in [0.15, 0.2) is 5.13 Å². The number of aromatic nitrogens is 1. The average Bonchev–Trinajstić information content (AvgIpc) is 3.19. The van der Waals surface area contributed by atoms with Gasteiger partial charge in [0.05, 0.1) is 21.8 Å². The Bertz CT molecular complexity index is 1180. The van der Waals surface area contributed by atoms with Crippen molar-refractivity contribution in [1.82, 2.24) is 10.3 Å². The predicted octanol–water partition coefficient (Wildman–Crippen LogP) is 4.68. The summed E-state index contributed by atoms with van der Waals surface area (Å²) in [5.41, 5.74) is 3.57. The number of amides is 1. The van der Waals surface area contributed by atoms with Crippen LogP contribution in [0.5, 0.6) is 0 Å². The summed E-state index contributed by atoms with van der Waals surface area (Å²) in [7, 11) is 0. The van der Waals surface area contributed by atoms with Crippen LogP contribution in [0.1, 0.15) is 15.9 Å². The number of nitrogens with zero attached hydrogens (tertiary/aromatic N) is 2. The molecular formula is C23H18N4OS. The summed E-state index contributed by atoms with van der Waals surface area (Å²) in [6.45, 7) is 1.03. The van der Waals surface area contributed by atoms with Crippen molar-refractivity contribution in [3.63, 3.8) is 0 Å². The van der Waals surface area contributed by atoms with Gasteiger partial charge in [-0.25, -0.2) is 4.98 Å². The highest BCUT2D eigenvalue weighted by atomic mass is 32.1. The van der Waals surface area contributed by atoms with E-state index in [0.29, 0.717) is 24.2 Å². The number of rotatable bonds is 6. The Morgan fingerprint density at radius 3 is 2.48 bits per heavy atom. The van der Waals surface area contributed by atoms with Crippen molar-refractivity contribution in [3.8, 4) is 17.2 Å². The molecule has 4 rings (SSSR count). The van der Waals surface area contributed by atoms with Crippen molar-refractivity contribution >= 4 is 32.6 Å². The second kappa shape index (κ2) is 8.55. The topological polar surface area (TPSA) is 77.8 Å². The van der Waals surface area contributed by atoms with E-state index in [1.54, 1.807) is 23.5 Å². The fourth-order valence-corrected chi connectivity index (χ4v) is 4.01. The van der Waals surface area contributed by atoms with Crippen molar-refractivity contribution in [3.05, 3.63) is 83.9 Å². The van der Waals surface area contributed by atoms with Gasteiger partial charge >= 0.3 is 0 Å². The normalized spacial score (nSPS) is 10.4. The molecule has 1 aromatic heterocycles. The molecule has 0 radical (unpaired) electrons. The zero-order valence-electron chi connectivity index (χ0n) is 15.6. The third-order valence-corrected chi connectivity index (χ3v) is 5.48. The molecule has 2 N–H and O–H groups in total. The molecule has 4 aromatic rings. The SMILES string of the molecule is N#Cc1ccccc1-c1ccccc1C(=O)NCCNc1nc2ccccc2s1. The molecule has 1 amide bonds. The maximum Gasteiger partial charge on any atom is 0.251 e. The van der Waals surface area contributed by atoms with Crippen molar-refractivity contribution < 1.29 is 4.79 Å². The molecule has 6 heteroatoms. The number of hydrogen-bond donors (Lipinski definition) is 2. The summed E-state index contributed by atoms with van der Waals surface area (Å²) >= 11 is 1.59. The summed E-state index contributed by atoms with van der Waals surface area (Å²) in [6.07, 6.45) is 0. The van der Waals surface area contributed by atoms with Gasteiger partial charge in [0.25, 0.3) is 5.91 Å². The highest BCUT2D eigenvalue weighted by Crippen LogP contribution is 2.27. The lowest BCUT2D eigenvalue weighted by atomic mass is 9.95. The third kappa shape index (κ3) is 4.10. The van der Waals surface area contributed by atoms with Gasteiger partial charge in [-0.3, -0.25) is 4.79 Å². The molecule has 142 valence electrons. The summed E-state index contributed by atoms with van der Waals surface area (Å²) in [5.74, 6) is -0.167. The van der Waals surface area contributed by atoms with Crippen LogP contribution in [-0.2, 0) is 0 Å². The first-order valence-corrected chi connectivity index (χ1v) is 10.0. The minimum Gasteiger partial charge on any atom is -0.360 e. The number of benzene rings is 3. The Hall–Kier alpha value is -3.69. The molecule has 29 heavy (non-hydrogen) atoms. The van der Waals surface area contributed by atoms with Crippen LogP contribution in [0.4, 0.5) is 5.13 Å². The van der Waals surface area contributed by atoms with Gasteiger partial charge in [0.1, 0.15) is 0 Å². The zero-order chi connectivity index (χ0) is 20.1. The minimum atomic E-state index is -0.167. The van der Waals surface area contributed by atoms with Crippen LogP contribution in [0.3, 0.4) is 0 Å². The zero-order valence-corrected chi connectivity index (χ0v) is 16.4. The molecular weight excluding hydrogens is 380 g/mol. The predicted molar refractivity (Wildman–Crippen MR) is 117 cm³/mol. The maximum atomic E-state index is 12.8. The highest BCUT2D eigenvalue weighted by Gasteiger charge is 2.14. The lowest BCUT2D eigenvalue weighted by Crippen LogP contribution is -2.29. The van der Waals surface area contributed by atoms with Gasteiger partial charge in [-0.15, -0.1) is 0 Å². The Kier molecular flexibility index (Phi) is 5.50. The molecule has 0 aliphatic heterocycles. The summed E-state index contributed by atoms with van der Waals surface area (Å²) in [4.78, 5) is 17.3. The van der Waals surface area contributed by atoms with Crippen LogP contribution in [0.15, 0.2) is 72.8 Å². The van der Waals surface area contributed by atoms with E-state index in [9.17, 15) is 10.1 Å². The molecule has 0 aliphatic rings. The first kappa shape index (κ1) is 18.7. The summed E-state index contributed by atoms with van der Waals surface area (Å²) in [5, 5.41) is 16.4. The van der Waals surface area contributed by atoms with Crippen LogP contribution in [0.25, 0.3) is 21.3 Å². The molecule has 1 heterocycles. The number of anilines is 1. The third-order valence-electron chi connectivity index (χ3n) is 4.49. The van der Waals surface area contributed by atoms with Crippen molar-refractivity contribution in [2.45, 2.75) is 0 Å². The monoisotopic (exact) mass is 398 g/mol. The van der Waals surface area contributed by atoms with Crippen molar-refractivity contribution in [2.75, 3.05) is 18.4 Å². The Morgan fingerprint density at radius 1 is 0.931 bits per heavy atom. The van der Waals surface area contributed by atoms with Crippen LogP contribution in [0, 0.1) is 11.3 Å². The highest BCUT2D eigenvalue weighted by molar-refractivity contribution is 7.22. The molecule has 0 bridgehead atoms. The lowest BCUT2D eigenvalue weighted by molar-refractivity contribution is 0.0956. The molecule has 0 unspecified atom stereocenters. The van der Waals surface area contributed by atoms with Gasteiger partial charge in [-0.05, 0) is 29.8 Å². The van der Waals surface area contributed by atoms with E-state index in [4.69, 9.17) is 0 Å². The number of thiazole rings is 1. The number of nitrogens with one attached hydrogen (secondary N) is 2. The smallest absolute Gasteiger partial charge is 0.251 e. The first-order chi connectivity index (χ1) is 14.3. The Labute approximate surface area is 172 Å². The van der Waals surface area contributed by atoms with Gasteiger partial charge in [-0.1, -0.05) is 59.9 Å². The fraction of sp³-hybridized carbons (Fsp3) is 0.0870. The molecule has 0 spiro atoms. The largest absolute Gasteiger partial charge is 0.360 e. The van der Waals surface area contributed by atoms with E-state index in [1.807, 2.05) is 60.7 Å². The molecule has 0 saturated carbocycles. The lowest BCUT2D eigenvalue weighted by Gasteiger charge is -2.11. The molecule has 0 fully saturated rings. The van der Waals surface area contributed by atoms with Crippen LogP contribution in [0.2, 0.25) is 0 Å². The Balaban J connectivity index is 1.42. The van der Waals surface area contributed by atoms with Crippen LogP contribution >= 0.6 is 11.3 Å².